The highest BCUT2D eigenvalue weighted by atomic mass is 15.1. The number of nitrogens with zero attached hydrogens (tertiary/aromatic N) is 2. The van der Waals surface area contributed by atoms with E-state index in [-0.39, 0.29) is 0 Å². The minimum atomic E-state index is 0.933. The minimum absolute atomic E-state index is 0.933. The first kappa shape index (κ1) is 13.9. The smallest absolute Gasteiger partial charge is 0.136 e. The van der Waals surface area contributed by atoms with Gasteiger partial charge in [-0.1, -0.05) is 18.2 Å². The summed E-state index contributed by atoms with van der Waals surface area (Å²) in [6.07, 6.45) is 3.04. The molecule has 0 radical (unpaired) electrons. The molecular formula is C17H22N4. The Balaban J connectivity index is 1.96. The number of benzene rings is 1. The molecule has 2 N–H and O–H groups in total. The predicted octanol–water partition coefficient (Wildman–Crippen LogP) is 3.39. The van der Waals surface area contributed by atoms with Crippen LogP contribution in [0.4, 0.5) is 5.82 Å². The maximum Gasteiger partial charge on any atom is 0.136 e. The summed E-state index contributed by atoms with van der Waals surface area (Å²) in [5, 5.41) is 5.93. The number of aryl methyl sites for hydroxylation is 1. The van der Waals surface area contributed by atoms with Gasteiger partial charge < -0.3 is 15.2 Å². The maximum atomic E-state index is 4.60. The molecule has 3 aromatic rings. The number of rotatable bonds is 5. The third-order valence-corrected chi connectivity index (χ3v) is 3.80. The first-order chi connectivity index (χ1) is 10.2. The summed E-state index contributed by atoms with van der Waals surface area (Å²) in [5.74, 6) is 0.979. The molecule has 4 heteroatoms. The van der Waals surface area contributed by atoms with Gasteiger partial charge in [0.1, 0.15) is 5.82 Å². The van der Waals surface area contributed by atoms with Gasteiger partial charge in [-0.25, -0.2) is 4.98 Å². The van der Waals surface area contributed by atoms with Gasteiger partial charge in [0.15, 0.2) is 0 Å². The van der Waals surface area contributed by atoms with Crippen molar-refractivity contribution < 1.29 is 0 Å². The van der Waals surface area contributed by atoms with Gasteiger partial charge in [-0.05, 0) is 45.6 Å². The number of H-pyrrole nitrogens is 1. The fraction of sp³-hybridized carbons (Fsp3) is 0.353. The zero-order chi connectivity index (χ0) is 14.8. The lowest BCUT2D eigenvalue weighted by atomic mass is 10.1. The van der Waals surface area contributed by atoms with Crippen molar-refractivity contribution in [2.24, 2.45) is 0 Å². The number of nitrogens with one attached hydrogen (secondary N) is 2. The summed E-state index contributed by atoms with van der Waals surface area (Å²) < 4.78 is 0. The minimum Gasteiger partial charge on any atom is -0.369 e. The molecule has 0 bridgehead atoms. The van der Waals surface area contributed by atoms with E-state index in [9.17, 15) is 0 Å². The molecular weight excluding hydrogens is 260 g/mol. The second-order valence-corrected chi connectivity index (χ2v) is 5.79. The molecule has 0 atom stereocenters. The first-order valence-corrected chi connectivity index (χ1v) is 7.41. The highest BCUT2D eigenvalue weighted by Gasteiger charge is 2.11. The van der Waals surface area contributed by atoms with E-state index in [0.717, 1.165) is 25.3 Å². The zero-order valence-electron chi connectivity index (χ0n) is 12.9. The van der Waals surface area contributed by atoms with E-state index in [1.807, 2.05) is 6.20 Å². The van der Waals surface area contributed by atoms with Gasteiger partial charge in [0.2, 0.25) is 0 Å². The summed E-state index contributed by atoms with van der Waals surface area (Å²) in [6.45, 7) is 4.11. The van der Waals surface area contributed by atoms with E-state index in [1.54, 1.807) is 0 Å². The van der Waals surface area contributed by atoms with Gasteiger partial charge >= 0.3 is 0 Å². The Hall–Kier alpha value is -2.07. The number of aromatic amines is 1. The van der Waals surface area contributed by atoms with Crippen molar-refractivity contribution in [1.82, 2.24) is 14.9 Å². The average molecular weight is 282 g/mol. The number of hydrogen-bond donors (Lipinski definition) is 2. The zero-order valence-corrected chi connectivity index (χ0v) is 12.9. The van der Waals surface area contributed by atoms with Crippen molar-refractivity contribution in [3.63, 3.8) is 0 Å². The fourth-order valence-electron chi connectivity index (χ4n) is 2.71. The van der Waals surface area contributed by atoms with Crippen molar-refractivity contribution in [3.8, 4) is 0 Å². The predicted molar refractivity (Wildman–Crippen MR) is 90.0 cm³/mol. The van der Waals surface area contributed by atoms with Gasteiger partial charge in [0.05, 0.1) is 5.52 Å². The average Bonchev–Trinajstić information content (AvgIpc) is 2.86. The molecule has 3 rings (SSSR count). The standard InChI is InChI=1S/C17H22N4/c1-12-11-19-17(18-9-6-10-21(2)3)15-13-7-4-5-8-14(13)20-16(12)15/h4-5,7-8,11,20H,6,9-10H2,1-3H3,(H,18,19). The largest absolute Gasteiger partial charge is 0.369 e. The van der Waals surface area contributed by atoms with Crippen LogP contribution in [0.3, 0.4) is 0 Å². The van der Waals surface area contributed by atoms with E-state index < -0.39 is 0 Å². The fourth-order valence-corrected chi connectivity index (χ4v) is 2.71. The van der Waals surface area contributed by atoms with Gasteiger partial charge in [0.25, 0.3) is 0 Å². The Morgan fingerprint density at radius 2 is 2.05 bits per heavy atom. The van der Waals surface area contributed by atoms with Crippen molar-refractivity contribution in [2.75, 3.05) is 32.5 Å². The van der Waals surface area contributed by atoms with Crippen LogP contribution in [0.25, 0.3) is 21.8 Å². The summed E-state index contributed by atoms with van der Waals surface area (Å²) in [6, 6.07) is 8.41. The van der Waals surface area contributed by atoms with Crippen molar-refractivity contribution in [2.45, 2.75) is 13.3 Å². The number of aromatic nitrogens is 2. The molecule has 4 nitrogen and oxygen atoms in total. The van der Waals surface area contributed by atoms with Crippen LogP contribution in [0.5, 0.6) is 0 Å². The Labute approximate surface area is 125 Å². The molecule has 0 spiro atoms. The summed E-state index contributed by atoms with van der Waals surface area (Å²) in [4.78, 5) is 10.3. The molecule has 0 aliphatic heterocycles. The maximum absolute atomic E-state index is 4.60. The van der Waals surface area contributed by atoms with Gasteiger partial charge in [-0.2, -0.15) is 0 Å². The van der Waals surface area contributed by atoms with Crippen LogP contribution in [0, 0.1) is 6.92 Å². The number of fused-ring (bicyclic) bond motifs is 3. The second kappa shape index (κ2) is 5.74. The normalized spacial score (nSPS) is 11.6. The van der Waals surface area contributed by atoms with Crippen LogP contribution < -0.4 is 5.32 Å². The van der Waals surface area contributed by atoms with Gasteiger partial charge in [-0.15, -0.1) is 0 Å². The molecule has 110 valence electrons. The molecule has 0 aliphatic rings. The van der Waals surface area contributed by atoms with E-state index in [2.05, 4.69) is 65.5 Å². The van der Waals surface area contributed by atoms with Crippen molar-refractivity contribution in [1.29, 1.82) is 0 Å². The van der Waals surface area contributed by atoms with E-state index in [0.29, 0.717) is 0 Å². The Kier molecular flexibility index (Phi) is 3.80. The number of para-hydroxylation sites is 1. The molecule has 0 saturated carbocycles. The highest BCUT2D eigenvalue weighted by Crippen LogP contribution is 2.31. The van der Waals surface area contributed by atoms with Crippen molar-refractivity contribution >= 4 is 27.6 Å². The molecule has 0 aliphatic carbocycles. The molecule has 0 amide bonds. The SMILES string of the molecule is Cc1cnc(NCCCN(C)C)c2c1[nH]c1ccccc12. The molecule has 2 aromatic heterocycles. The van der Waals surface area contributed by atoms with Crippen LogP contribution in [-0.2, 0) is 0 Å². The first-order valence-electron chi connectivity index (χ1n) is 7.41. The lowest BCUT2D eigenvalue weighted by molar-refractivity contribution is 0.405. The van der Waals surface area contributed by atoms with Crippen LogP contribution in [0.1, 0.15) is 12.0 Å². The molecule has 0 saturated heterocycles. The van der Waals surface area contributed by atoms with E-state index >= 15 is 0 Å². The lowest BCUT2D eigenvalue weighted by Crippen LogP contribution is -2.16. The number of anilines is 1. The van der Waals surface area contributed by atoms with Crippen LogP contribution >= 0.6 is 0 Å². The van der Waals surface area contributed by atoms with Gasteiger partial charge in [-0.3, -0.25) is 0 Å². The quantitative estimate of drug-likeness (QED) is 0.705. The van der Waals surface area contributed by atoms with E-state index in [4.69, 9.17) is 0 Å². The molecule has 1 aromatic carbocycles. The third-order valence-electron chi connectivity index (χ3n) is 3.80. The molecule has 0 unspecified atom stereocenters. The van der Waals surface area contributed by atoms with Crippen LogP contribution in [0.2, 0.25) is 0 Å². The number of pyridine rings is 1. The van der Waals surface area contributed by atoms with Crippen molar-refractivity contribution in [3.05, 3.63) is 36.0 Å². The Bertz CT molecular complexity index is 758. The third kappa shape index (κ3) is 2.72. The van der Waals surface area contributed by atoms with E-state index in [1.165, 1.54) is 27.4 Å². The second-order valence-electron chi connectivity index (χ2n) is 5.79. The lowest BCUT2D eigenvalue weighted by Gasteiger charge is -2.11. The topological polar surface area (TPSA) is 44.0 Å². The summed E-state index contributed by atoms with van der Waals surface area (Å²) >= 11 is 0. The number of hydrogen-bond acceptors (Lipinski definition) is 3. The Morgan fingerprint density at radius 3 is 2.86 bits per heavy atom. The summed E-state index contributed by atoms with van der Waals surface area (Å²) in [5.41, 5.74) is 3.53. The monoisotopic (exact) mass is 282 g/mol. The summed E-state index contributed by atoms with van der Waals surface area (Å²) in [7, 11) is 4.20. The van der Waals surface area contributed by atoms with Crippen LogP contribution in [0.15, 0.2) is 30.5 Å². The highest BCUT2D eigenvalue weighted by molar-refractivity contribution is 6.13. The van der Waals surface area contributed by atoms with Gasteiger partial charge in [0, 0.05) is 29.0 Å². The van der Waals surface area contributed by atoms with Crippen LogP contribution in [-0.4, -0.2) is 42.1 Å². The molecule has 2 heterocycles. The Morgan fingerprint density at radius 1 is 1.24 bits per heavy atom. The molecule has 0 fully saturated rings. The molecule has 21 heavy (non-hydrogen) atoms.